The fourth-order valence-electron chi connectivity index (χ4n) is 3.47. The Labute approximate surface area is 202 Å². The number of rotatable bonds is 7. The Morgan fingerprint density at radius 3 is 2.44 bits per heavy atom. The Bertz CT molecular complexity index is 1180. The van der Waals surface area contributed by atoms with Gasteiger partial charge in [-0.25, -0.2) is 0 Å². The molecule has 0 saturated carbocycles. The van der Waals surface area contributed by atoms with Gasteiger partial charge in [-0.2, -0.15) is 0 Å². The van der Waals surface area contributed by atoms with E-state index in [4.69, 9.17) is 19.6 Å². The molecule has 0 unspecified atom stereocenters. The van der Waals surface area contributed by atoms with Crippen molar-refractivity contribution in [3.8, 4) is 16.9 Å². The molecule has 0 bridgehead atoms. The maximum absolute atomic E-state index is 11.9. The monoisotopic (exact) mass is 461 g/mol. The molecule has 2 N–H and O–H groups in total. The normalized spacial score (nSPS) is 9.91. The predicted molar refractivity (Wildman–Crippen MR) is 140 cm³/mol. The van der Waals surface area contributed by atoms with E-state index in [0.717, 1.165) is 33.2 Å². The Morgan fingerprint density at radius 1 is 0.941 bits per heavy atom. The van der Waals surface area contributed by atoms with Crippen LogP contribution >= 0.6 is 0 Å². The maximum atomic E-state index is 11.9. The van der Waals surface area contributed by atoms with Crippen LogP contribution in [0.25, 0.3) is 22.1 Å². The minimum Gasteiger partial charge on any atom is -0.489 e. The summed E-state index contributed by atoms with van der Waals surface area (Å²) in [7, 11) is 0. The first-order valence-electron chi connectivity index (χ1n) is 11.9. The highest BCUT2D eigenvalue weighted by molar-refractivity contribution is 5.93. The summed E-state index contributed by atoms with van der Waals surface area (Å²) in [5.41, 5.74) is 11.2. The highest BCUT2D eigenvalue weighted by Crippen LogP contribution is 2.32. The molecule has 4 rings (SSSR count). The number of furan rings is 1. The summed E-state index contributed by atoms with van der Waals surface area (Å²) in [5.74, 6) is 0.403. The number of nitrogens with two attached hydrogens (primary N) is 1. The molecule has 0 aliphatic carbocycles. The van der Waals surface area contributed by atoms with Crippen molar-refractivity contribution in [1.82, 2.24) is 0 Å². The van der Waals surface area contributed by atoms with Gasteiger partial charge in [0.15, 0.2) is 0 Å². The highest BCUT2D eigenvalue weighted by atomic mass is 16.5. The third-order valence-corrected chi connectivity index (χ3v) is 4.82. The third kappa shape index (κ3) is 6.88. The van der Waals surface area contributed by atoms with E-state index in [-0.39, 0.29) is 12.4 Å². The van der Waals surface area contributed by atoms with Crippen molar-refractivity contribution in [1.29, 1.82) is 0 Å². The zero-order valence-electron chi connectivity index (χ0n) is 20.8. The number of para-hydroxylation sites is 1. The quantitative estimate of drug-likeness (QED) is 0.229. The number of carbonyl (C=O) groups excluding carboxylic acids is 1. The van der Waals surface area contributed by atoms with E-state index >= 15 is 0 Å². The largest absolute Gasteiger partial charge is 0.489 e. The van der Waals surface area contributed by atoms with E-state index in [1.807, 2.05) is 88.4 Å². The summed E-state index contributed by atoms with van der Waals surface area (Å²) < 4.78 is 16.9. The Kier molecular flexibility index (Phi) is 10.7. The number of fused-ring (bicyclic) bond motifs is 1. The van der Waals surface area contributed by atoms with E-state index in [9.17, 15) is 4.79 Å². The number of carbonyl (C=O) groups is 1. The molecule has 0 fully saturated rings. The number of esters is 1. The molecule has 0 saturated heterocycles. The zero-order valence-corrected chi connectivity index (χ0v) is 20.8. The molecule has 0 aliphatic rings. The van der Waals surface area contributed by atoms with Crippen LogP contribution in [0, 0.1) is 0 Å². The van der Waals surface area contributed by atoms with Crippen molar-refractivity contribution in [2.45, 2.75) is 47.6 Å². The van der Waals surface area contributed by atoms with E-state index in [2.05, 4.69) is 6.07 Å². The van der Waals surface area contributed by atoms with E-state index in [0.29, 0.717) is 24.7 Å². The van der Waals surface area contributed by atoms with Gasteiger partial charge in [-0.1, -0.05) is 58.0 Å². The van der Waals surface area contributed by atoms with Gasteiger partial charge in [0.2, 0.25) is 0 Å². The molecule has 180 valence electrons. The fourth-order valence-corrected chi connectivity index (χ4v) is 3.47. The maximum Gasteiger partial charge on any atom is 0.310 e. The van der Waals surface area contributed by atoms with Crippen LogP contribution in [0.4, 0.5) is 5.69 Å². The lowest BCUT2D eigenvalue weighted by Gasteiger charge is -2.13. The van der Waals surface area contributed by atoms with Crippen LogP contribution in [0.15, 0.2) is 77.4 Å². The van der Waals surface area contributed by atoms with Crippen LogP contribution in [0.1, 0.15) is 45.7 Å². The van der Waals surface area contributed by atoms with Crippen molar-refractivity contribution in [2.24, 2.45) is 0 Å². The summed E-state index contributed by atoms with van der Waals surface area (Å²) in [6.07, 6.45) is 1.86. The van der Waals surface area contributed by atoms with Crippen molar-refractivity contribution < 1.29 is 18.7 Å². The second-order valence-corrected chi connectivity index (χ2v) is 6.99. The molecule has 0 spiro atoms. The Balaban J connectivity index is 0.000000970. The Morgan fingerprint density at radius 2 is 1.71 bits per heavy atom. The number of hydrogen-bond donors (Lipinski definition) is 1. The first kappa shape index (κ1) is 26.5. The van der Waals surface area contributed by atoms with Gasteiger partial charge in [-0.15, -0.1) is 0 Å². The van der Waals surface area contributed by atoms with Crippen LogP contribution in [-0.4, -0.2) is 12.6 Å². The molecule has 4 aromatic rings. The molecule has 0 amide bonds. The van der Waals surface area contributed by atoms with Crippen molar-refractivity contribution in [2.75, 3.05) is 12.3 Å². The molecule has 3 aromatic carbocycles. The number of ether oxygens (including phenoxy) is 2. The summed E-state index contributed by atoms with van der Waals surface area (Å²) in [4.78, 5) is 11.9. The minimum atomic E-state index is -0.266. The van der Waals surface area contributed by atoms with E-state index in [1.54, 1.807) is 13.2 Å². The van der Waals surface area contributed by atoms with Gasteiger partial charge in [-0.3, -0.25) is 4.79 Å². The van der Waals surface area contributed by atoms with Crippen LogP contribution < -0.4 is 10.5 Å². The first-order valence-corrected chi connectivity index (χ1v) is 11.9. The molecule has 0 atom stereocenters. The smallest absolute Gasteiger partial charge is 0.310 e. The second kappa shape index (κ2) is 13.7. The van der Waals surface area contributed by atoms with Crippen LogP contribution in [0.5, 0.6) is 5.75 Å². The molecule has 1 heterocycles. The number of anilines is 1. The molecule has 1 aromatic heterocycles. The molecule has 5 nitrogen and oxygen atoms in total. The van der Waals surface area contributed by atoms with Gasteiger partial charge in [0.1, 0.15) is 17.9 Å². The summed E-state index contributed by atoms with van der Waals surface area (Å²) in [6.45, 7) is 10.5. The minimum absolute atomic E-state index is 0.180. The number of benzene rings is 3. The molecule has 34 heavy (non-hydrogen) atoms. The zero-order chi connectivity index (χ0) is 24.9. The van der Waals surface area contributed by atoms with Gasteiger partial charge < -0.3 is 19.6 Å². The van der Waals surface area contributed by atoms with Crippen molar-refractivity contribution in [3.05, 3.63) is 84.1 Å². The summed E-state index contributed by atoms with van der Waals surface area (Å²) >= 11 is 0. The second-order valence-electron chi connectivity index (χ2n) is 6.99. The SMILES string of the molecule is CC.CC.CCOC(=O)Cc1ccccc1OCc1cc(-c2cccc(N)c2)c2occc2c1. The highest BCUT2D eigenvalue weighted by Gasteiger charge is 2.12. The van der Waals surface area contributed by atoms with Gasteiger partial charge in [0.25, 0.3) is 0 Å². The lowest BCUT2D eigenvalue weighted by Crippen LogP contribution is -2.09. The van der Waals surface area contributed by atoms with E-state index in [1.165, 1.54) is 0 Å². The third-order valence-electron chi connectivity index (χ3n) is 4.82. The van der Waals surface area contributed by atoms with Gasteiger partial charge in [0.05, 0.1) is 19.3 Å². The van der Waals surface area contributed by atoms with Gasteiger partial charge in [-0.05, 0) is 54.4 Å². The van der Waals surface area contributed by atoms with E-state index < -0.39 is 0 Å². The van der Waals surface area contributed by atoms with Crippen LogP contribution in [0.3, 0.4) is 0 Å². The average molecular weight is 462 g/mol. The number of nitrogen functional groups attached to an aromatic ring is 1. The fraction of sp³-hybridized carbons (Fsp3) is 0.276. The van der Waals surface area contributed by atoms with Crippen LogP contribution in [-0.2, 0) is 22.6 Å². The van der Waals surface area contributed by atoms with Crippen molar-refractivity contribution in [3.63, 3.8) is 0 Å². The summed E-state index contributed by atoms with van der Waals surface area (Å²) in [5, 5.41) is 0.994. The molecular formula is C29H35NO4. The standard InChI is InChI=1S/C25H23NO4.2C2H6/c1-2-28-24(27)15-19-6-3-4-9-23(19)30-16-17-12-20-10-11-29-25(20)22(13-17)18-7-5-8-21(26)14-18;2*1-2/h3-14H,2,15-16,26H2,1H3;2*1-2H3. The average Bonchev–Trinajstić information content (AvgIpc) is 3.34. The lowest BCUT2D eigenvalue weighted by atomic mass is 10.00. The first-order chi connectivity index (χ1) is 16.6. The van der Waals surface area contributed by atoms with Gasteiger partial charge >= 0.3 is 5.97 Å². The van der Waals surface area contributed by atoms with Gasteiger partial charge in [0, 0.05) is 22.2 Å². The molecule has 0 radical (unpaired) electrons. The molecule has 5 heteroatoms. The Hall–Kier alpha value is -3.73. The summed E-state index contributed by atoms with van der Waals surface area (Å²) in [6, 6.07) is 21.3. The number of hydrogen-bond acceptors (Lipinski definition) is 5. The predicted octanol–water partition coefficient (Wildman–Crippen LogP) is 7.42. The lowest BCUT2D eigenvalue weighted by molar-refractivity contribution is -0.142. The molecular weight excluding hydrogens is 426 g/mol. The van der Waals surface area contributed by atoms with Crippen molar-refractivity contribution >= 4 is 22.6 Å². The topological polar surface area (TPSA) is 74.7 Å². The molecule has 0 aliphatic heterocycles. The van der Waals surface area contributed by atoms with Crippen LogP contribution in [0.2, 0.25) is 0 Å².